The van der Waals surface area contributed by atoms with E-state index in [-0.39, 0.29) is 11.3 Å². The van der Waals surface area contributed by atoms with Crippen molar-refractivity contribution in [3.05, 3.63) is 52.3 Å². The van der Waals surface area contributed by atoms with Crippen LogP contribution in [0.1, 0.15) is 10.4 Å². The van der Waals surface area contributed by atoms with Crippen molar-refractivity contribution >= 4 is 17.3 Å². The minimum Gasteiger partial charge on any atom is -0.477 e. The van der Waals surface area contributed by atoms with E-state index in [0.29, 0.717) is 13.1 Å². The summed E-state index contributed by atoms with van der Waals surface area (Å²) in [5.41, 5.74) is -0.582. The van der Waals surface area contributed by atoms with Gasteiger partial charge in [0.1, 0.15) is 11.3 Å². The Labute approximate surface area is 113 Å². The molecule has 1 aromatic heterocycles. The van der Waals surface area contributed by atoms with Crippen LogP contribution in [0.15, 0.2) is 36.7 Å². The van der Waals surface area contributed by atoms with E-state index in [1.807, 2.05) is 0 Å². The second-order valence-electron chi connectivity index (χ2n) is 3.96. The summed E-state index contributed by atoms with van der Waals surface area (Å²) in [5.74, 6) is -1.33. The molecule has 104 valence electrons. The number of nitrogens with one attached hydrogen (secondary N) is 1. The molecule has 0 unspecified atom stereocenters. The minimum atomic E-state index is -1.33. The Morgan fingerprint density at radius 2 is 2.25 bits per heavy atom. The Hall–Kier alpha value is -2.90. The quantitative estimate of drug-likeness (QED) is 0.612. The maximum absolute atomic E-state index is 11.0. The molecule has 2 aromatic rings. The average molecular weight is 276 g/mol. The average Bonchev–Trinajstić information content (AvgIpc) is 2.91. The fourth-order valence-corrected chi connectivity index (χ4v) is 1.79. The Balaban J connectivity index is 2.16. The lowest BCUT2D eigenvalue weighted by molar-refractivity contribution is -0.384. The van der Waals surface area contributed by atoms with E-state index in [9.17, 15) is 14.9 Å². The molecule has 1 aromatic carbocycles. The van der Waals surface area contributed by atoms with Gasteiger partial charge in [0.25, 0.3) is 0 Å². The van der Waals surface area contributed by atoms with Crippen LogP contribution in [0.2, 0.25) is 0 Å². The first kappa shape index (κ1) is 13.5. The van der Waals surface area contributed by atoms with Crippen molar-refractivity contribution < 1.29 is 14.8 Å². The predicted molar refractivity (Wildman–Crippen MR) is 70.8 cm³/mol. The van der Waals surface area contributed by atoms with Crippen molar-refractivity contribution in [1.82, 2.24) is 9.78 Å². The third-order valence-electron chi connectivity index (χ3n) is 2.66. The number of nitro groups is 1. The van der Waals surface area contributed by atoms with Gasteiger partial charge in [0.05, 0.1) is 11.5 Å². The van der Waals surface area contributed by atoms with Crippen LogP contribution in [0.25, 0.3) is 0 Å². The molecule has 0 aliphatic carbocycles. The molecule has 0 saturated heterocycles. The number of rotatable bonds is 6. The van der Waals surface area contributed by atoms with Crippen molar-refractivity contribution in [2.24, 2.45) is 0 Å². The molecule has 0 bridgehead atoms. The maximum Gasteiger partial charge on any atom is 0.342 e. The third-order valence-corrected chi connectivity index (χ3v) is 2.66. The van der Waals surface area contributed by atoms with Crippen LogP contribution in [0, 0.1) is 10.1 Å². The van der Waals surface area contributed by atoms with E-state index in [0.717, 1.165) is 0 Å². The summed E-state index contributed by atoms with van der Waals surface area (Å²) in [5, 5.41) is 26.9. The van der Waals surface area contributed by atoms with Crippen LogP contribution in [0.3, 0.4) is 0 Å². The van der Waals surface area contributed by atoms with E-state index in [4.69, 9.17) is 5.11 Å². The van der Waals surface area contributed by atoms with E-state index in [1.54, 1.807) is 23.1 Å². The molecule has 8 heteroatoms. The number of aromatic nitrogens is 2. The maximum atomic E-state index is 11.0. The summed E-state index contributed by atoms with van der Waals surface area (Å²) in [4.78, 5) is 21.3. The molecule has 0 aliphatic rings. The molecule has 0 aliphatic heterocycles. The number of carboxylic acid groups (broad SMARTS) is 1. The fourth-order valence-electron chi connectivity index (χ4n) is 1.79. The first-order valence-corrected chi connectivity index (χ1v) is 5.81. The number of aromatic carboxylic acids is 1. The first-order chi connectivity index (χ1) is 9.59. The molecular formula is C12H12N4O4. The largest absolute Gasteiger partial charge is 0.477 e. The summed E-state index contributed by atoms with van der Waals surface area (Å²) < 4.78 is 1.67. The van der Waals surface area contributed by atoms with Gasteiger partial charge >= 0.3 is 11.7 Å². The highest BCUT2D eigenvalue weighted by molar-refractivity contribution is 5.95. The predicted octanol–water partition coefficient (Wildman–Crippen LogP) is 1.60. The van der Waals surface area contributed by atoms with Gasteiger partial charge in [0, 0.05) is 18.9 Å². The number of nitrogens with zero attached hydrogens (tertiary/aromatic N) is 3. The van der Waals surface area contributed by atoms with E-state index in [2.05, 4.69) is 10.4 Å². The van der Waals surface area contributed by atoms with Crippen molar-refractivity contribution in [3.8, 4) is 0 Å². The first-order valence-electron chi connectivity index (χ1n) is 5.81. The zero-order valence-corrected chi connectivity index (χ0v) is 10.4. The number of carboxylic acids is 1. The Morgan fingerprint density at radius 1 is 1.45 bits per heavy atom. The zero-order chi connectivity index (χ0) is 14.5. The normalized spacial score (nSPS) is 10.2. The summed E-state index contributed by atoms with van der Waals surface area (Å²) in [6, 6.07) is 5.92. The van der Waals surface area contributed by atoms with Gasteiger partial charge in [-0.3, -0.25) is 14.8 Å². The van der Waals surface area contributed by atoms with Crippen LogP contribution in [0.5, 0.6) is 0 Å². The zero-order valence-electron chi connectivity index (χ0n) is 10.4. The van der Waals surface area contributed by atoms with Crippen molar-refractivity contribution in [1.29, 1.82) is 0 Å². The molecule has 0 fully saturated rings. The summed E-state index contributed by atoms with van der Waals surface area (Å²) in [7, 11) is 0. The third kappa shape index (κ3) is 2.91. The number of benzene rings is 1. The van der Waals surface area contributed by atoms with Gasteiger partial charge in [-0.2, -0.15) is 5.10 Å². The standard InChI is InChI=1S/C12H12N4O4/c17-12(18)9-3-1-4-10(11(9)16(19)20)13-6-8-15-7-2-5-14-15/h1-5,7,13H,6,8H2,(H,17,18). The van der Waals surface area contributed by atoms with Crippen molar-refractivity contribution in [3.63, 3.8) is 0 Å². The van der Waals surface area contributed by atoms with Crippen LogP contribution < -0.4 is 5.32 Å². The molecule has 0 amide bonds. The second-order valence-corrected chi connectivity index (χ2v) is 3.96. The molecule has 0 atom stereocenters. The lowest BCUT2D eigenvalue weighted by atomic mass is 10.1. The molecule has 1 heterocycles. The van der Waals surface area contributed by atoms with Crippen molar-refractivity contribution in [2.45, 2.75) is 6.54 Å². The molecule has 2 rings (SSSR count). The number of hydrogen-bond donors (Lipinski definition) is 2. The van der Waals surface area contributed by atoms with Crippen LogP contribution in [0.4, 0.5) is 11.4 Å². The molecule has 20 heavy (non-hydrogen) atoms. The number of anilines is 1. The summed E-state index contributed by atoms with van der Waals surface area (Å²) in [6.45, 7) is 0.910. The van der Waals surface area contributed by atoms with Gasteiger partial charge in [0.2, 0.25) is 0 Å². The Kier molecular flexibility index (Phi) is 3.94. The van der Waals surface area contributed by atoms with Gasteiger partial charge < -0.3 is 10.4 Å². The summed E-state index contributed by atoms with van der Waals surface area (Å²) >= 11 is 0. The highest BCUT2D eigenvalue weighted by Gasteiger charge is 2.23. The van der Waals surface area contributed by atoms with E-state index >= 15 is 0 Å². The Morgan fingerprint density at radius 3 is 2.85 bits per heavy atom. The topological polar surface area (TPSA) is 110 Å². The molecule has 0 spiro atoms. The number of hydrogen-bond acceptors (Lipinski definition) is 5. The molecule has 2 N–H and O–H groups in total. The SMILES string of the molecule is O=C(O)c1cccc(NCCn2cccn2)c1[N+](=O)[O-]. The lowest BCUT2D eigenvalue weighted by Gasteiger charge is -2.08. The van der Waals surface area contributed by atoms with Gasteiger partial charge in [-0.25, -0.2) is 4.79 Å². The second kappa shape index (κ2) is 5.83. The summed E-state index contributed by atoms with van der Waals surface area (Å²) in [6.07, 6.45) is 3.40. The van der Waals surface area contributed by atoms with E-state index < -0.39 is 16.6 Å². The van der Waals surface area contributed by atoms with Crippen molar-refractivity contribution in [2.75, 3.05) is 11.9 Å². The van der Waals surface area contributed by atoms with Crippen LogP contribution in [-0.2, 0) is 6.54 Å². The lowest BCUT2D eigenvalue weighted by Crippen LogP contribution is -2.13. The number of carbonyl (C=O) groups is 1. The number of nitro benzene ring substituents is 1. The highest BCUT2D eigenvalue weighted by Crippen LogP contribution is 2.28. The van der Waals surface area contributed by atoms with Gasteiger partial charge in [-0.05, 0) is 18.2 Å². The van der Waals surface area contributed by atoms with Gasteiger partial charge in [-0.15, -0.1) is 0 Å². The van der Waals surface area contributed by atoms with Crippen LogP contribution >= 0.6 is 0 Å². The molecule has 0 radical (unpaired) electrons. The minimum absolute atomic E-state index is 0.182. The fraction of sp³-hybridized carbons (Fsp3) is 0.167. The monoisotopic (exact) mass is 276 g/mol. The number of para-hydroxylation sites is 1. The molecular weight excluding hydrogens is 264 g/mol. The van der Waals surface area contributed by atoms with Crippen LogP contribution in [-0.4, -0.2) is 32.3 Å². The Bertz CT molecular complexity index is 624. The smallest absolute Gasteiger partial charge is 0.342 e. The van der Waals surface area contributed by atoms with Gasteiger partial charge in [0.15, 0.2) is 0 Å². The van der Waals surface area contributed by atoms with E-state index in [1.165, 1.54) is 18.2 Å². The molecule has 8 nitrogen and oxygen atoms in total. The van der Waals surface area contributed by atoms with Gasteiger partial charge in [-0.1, -0.05) is 6.07 Å². The molecule has 0 saturated carbocycles. The highest BCUT2D eigenvalue weighted by atomic mass is 16.6.